The standard InChI is InChI=1S/C30H36ClN3O4S/c1-4-28(30(36)32-21-23(2)3)33(19-18-24-12-7-5-8-13-24)29(35)22-34(26-15-11-14-25(31)20-26)39(37,38)27-16-9-6-10-17-27/h5-17,20,23,28H,4,18-19,21-22H2,1-3H3,(H,32,36)/t28-/m1/s1. The Labute approximate surface area is 236 Å². The summed E-state index contributed by atoms with van der Waals surface area (Å²) in [4.78, 5) is 28.7. The number of nitrogens with one attached hydrogen (secondary N) is 1. The molecular weight excluding hydrogens is 534 g/mol. The minimum atomic E-state index is -4.11. The smallest absolute Gasteiger partial charge is 0.264 e. The fraction of sp³-hybridized carbons (Fsp3) is 0.333. The highest BCUT2D eigenvalue weighted by Gasteiger charge is 2.33. The van der Waals surface area contributed by atoms with Gasteiger partial charge in [0.15, 0.2) is 0 Å². The zero-order valence-electron chi connectivity index (χ0n) is 22.6. The van der Waals surface area contributed by atoms with Crippen molar-refractivity contribution >= 4 is 39.1 Å². The van der Waals surface area contributed by atoms with Crippen LogP contribution in [-0.2, 0) is 26.0 Å². The third-order valence-corrected chi connectivity index (χ3v) is 8.28. The molecule has 0 aliphatic rings. The molecule has 3 aromatic rings. The van der Waals surface area contributed by atoms with Crippen molar-refractivity contribution in [2.75, 3.05) is 23.9 Å². The molecule has 0 bridgehead atoms. The van der Waals surface area contributed by atoms with Gasteiger partial charge in [0.25, 0.3) is 10.0 Å². The first-order chi connectivity index (χ1) is 18.6. The van der Waals surface area contributed by atoms with Crippen molar-refractivity contribution in [1.29, 1.82) is 0 Å². The Hall–Kier alpha value is -3.36. The van der Waals surface area contributed by atoms with E-state index in [2.05, 4.69) is 5.32 Å². The van der Waals surface area contributed by atoms with Crippen LogP contribution >= 0.6 is 11.6 Å². The third-order valence-electron chi connectivity index (χ3n) is 6.26. The molecule has 0 fully saturated rings. The van der Waals surface area contributed by atoms with Crippen LogP contribution < -0.4 is 9.62 Å². The van der Waals surface area contributed by atoms with Crippen LogP contribution in [0.2, 0.25) is 5.02 Å². The van der Waals surface area contributed by atoms with Crippen LogP contribution in [0, 0.1) is 5.92 Å². The minimum Gasteiger partial charge on any atom is -0.354 e. The number of amides is 2. The third kappa shape index (κ3) is 8.31. The lowest BCUT2D eigenvalue weighted by molar-refractivity contribution is -0.139. The molecule has 208 valence electrons. The van der Waals surface area contributed by atoms with Crippen molar-refractivity contribution < 1.29 is 18.0 Å². The van der Waals surface area contributed by atoms with Crippen LogP contribution in [0.15, 0.2) is 89.8 Å². The number of carbonyl (C=O) groups is 2. The molecule has 1 N–H and O–H groups in total. The fourth-order valence-corrected chi connectivity index (χ4v) is 5.81. The first kappa shape index (κ1) is 30.2. The average molecular weight is 570 g/mol. The van der Waals surface area contributed by atoms with E-state index in [1.54, 1.807) is 36.4 Å². The summed E-state index contributed by atoms with van der Waals surface area (Å²) in [6.07, 6.45) is 0.899. The first-order valence-corrected chi connectivity index (χ1v) is 14.9. The maximum absolute atomic E-state index is 14.0. The predicted molar refractivity (Wildman–Crippen MR) is 156 cm³/mol. The van der Waals surface area contributed by atoms with E-state index in [0.717, 1.165) is 9.87 Å². The summed E-state index contributed by atoms with van der Waals surface area (Å²) in [6, 6.07) is 23.2. The lowest BCUT2D eigenvalue weighted by Gasteiger charge is -2.33. The summed E-state index contributed by atoms with van der Waals surface area (Å²) in [7, 11) is -4.11. The molecule has 0 saturated heterocycles. The molecule has 0 aliphatic heterocycles. The number of anilines is 1. The average Bonchev–Trinajstić information content (AvgIpc) is 2.93. The largest absolute Gasteiger partial charge is 0.354 e. The second kappa shape index (κ2) is 14.1. The van der Waals surface area contributed by atoms with E-state index in [9.17, 15) is 18.0 Å². The molecule has 3 rings (SSSR count). The van der Waals surface area contributed by atoms with Gasteiger partial charge in [0.05, 0.1) is 10.6 Å². The molecule has 0 unspecified atom stereocenters. The highest BCUT2D eigenvalue weighted by atomic mass is 35.5. The molecule has 39 heavy (non-hydrogen) atoms. The summed E-state index contributed by atoms with van der Waals surface area (Å²) >= 11 is 6.21. The molecular formula is C30H36ClN3O4S. The number of rotatable bonds is 13. The Morgan fingerprint density at radius 3 is 2.15 bits per heavy atom. The van der Waals surface area contributed by atoms with E-state index >= 15 is 0 Å². The molecule has 0 aromatic heterocycles. The Bertz CT molecular complexity index is 1330. The Balaban J connectivity index is 1.98. The molecule has 2 amide bonds. The van der Waals surface area contributed by atoms with Crippen LogP contribution in [-0.4, -0.2) is 50.8 Å². The zero-order valence-corrected chi connectivity index (χ0v) is 24.2. The summed E-state index contributed by atoms with van der Waals surface area (Å²) in [5, 5.41) is 3.27. The van der Waals surface area contributed by atoms with Gasteiger partial charge in [0, 0.05) is 18.1 Å². The van der Waals surface area contributed by atoms with E-state index < -0.39 is 28.5 Å². The normalized spacial score (nSPS) is 12.1. The van der Waals surface area contributed by atoms with E-state index in [0.29, 0.717) is 24.4 Å². The number of sulfonamides is 1. The highest BCUT2D eigenvalue weighted by Crippen LogP contribution is 2.26. The van der Waals surface area contributed by atoms with Crippen LogP contribution in [0.25, 0.3) is 0 Å². The highest BCUT2D eigenvalue weighted by molar-refractivity contribution is 7.92. The van der Waals surface area contributed by atoms with Crippen LogP contribution in [0.3, 0.4) is 0 Å². The van der Waals surface area contributed by atoms with Gasteiger partial charge in [-0.25, -0.2) is 8.42 Å². The van der Waals surface area contributed by atoms with Gasteiger partial charge in [-0.05, 0) is 54.7 Å². The van der Waals surface area contributed by atoms with Gasteiger partial charge in [0.2, 0.25) is 11.8 Å². The van der Waals surface area contributed by atoms with Crippen molar-refractivity contribution in [3.05, 3.63) is 95.5 Å². The van der Waals surface area contributed by atoms with E-state index in [1.165, 1.54) is 23.1 Å². The summed E-state index contributed by atoms with van der Waals surface area (Å²) in [5.41, 5.74) is 1.27. The Morgan fingerprint density at radius 2 is 1.56 bits per heavy atom. The number of carbonyl (C=O) groups excluding carboxylic acids is 2. The summed E-state index contributed by atoms with van der Waals surface area (Å²) in [5.74, 6) is -0.487. The molecule has 0 radical (unpaired) electrons. The number of hydrogen-bond donors (Lipinski definition) is 1. The van der Waals surface area contributed by atoms with Crippen molar-refractivity contribution in [1.82, 2.24) is 10.2 Å². The Kier molecular flexibility index (Phi) is 10.9. The molecule has 0 spiro atoms. The molecule has 7 nitrogen and oxygen atoms in total. The quantitative estimate of drug-likeness (QED) is 0.308. The van der Waals surface area contributed by atoms with Crippen molar-refractivity contribution in [2.24, 2.45) is 5.92 Å². The van der Waals surface area contributed by atoms with Gasteiger partial charge >= 0.3 is 0 Å². The summed E-state index contributed by atoms with van der Waals surface area (Å²) in [6.45, 7) is 6.09. The zero-order chi connectivity index (χ0) is 28.4. The number of hydrogen-bond acceptors (Lipinski definition) is 4. The lowest BCUT2D eigenvalue weighted by Crippen LogP contribution is -2.53. The minimum absolute atomic E-state index is 0.0512. The monoisotopic (exact) mass is 569 g/mol. The van der Waals surface area contributed by atoms with Gasteiger partial charge < -0.3 is 10.2 Å². The van der Waals surface area contributed by atoms with Crippen molar-refractivity contribution in [2.45, 2.75) is 44.6 Å². The second-order valence-electron chi connectivity index (χ2n) is 9.69. The fourth-order valence-electron chi connectivity index (χ4n) is 4.20. The first-order valence-electron chi connectivity index (χ1n) is 13.1. The predicted octanol–water partition coefficient (Wildman–Crippen LogP) is 5.16. The van der Waals surface area contributed by atoms with Gasteiger partial charge in [-0.15, -0.1) is 0 Å². The SMILES string of the molecule is CC[C@H](C(=O)NCC(C)C)N(CCc1ccccc1)C(=O)CN(c1cccc(Cl)c1)S(=O)(=O)c1ccccc1. The number of halogens is 1. The topological polar surface area (TPSA) is 86.8 Å². The van der Waals surface area contributed by atoms with Crippen LogP contribution in [0.1, 0.15) is 32.8 Å². The van der Waals surface area contributed by atoms with Gasteiger partial charge in [-0.2, -0.15) is 0 Å². The molecule has 0 saturated carbocycles. The molecule has 1 atom stereocenters. The summed E-state index contributed by atoms with van der Waals surface area (Å²) < 4.78 is 28.6. The molecule has 9 heteroatoms. The second-order valence-corrected chi connectivity index (χ2v) is 12.0. The number of benzene rings is 3. The molecule has 3 aromatic carbocycles. The van der Waals surface area contributed by atoms with Gasteiger partial charge in [0.1, 0.15) is 12.6 Å². The maximum Gasteiger partial charge on any atom is 0.264 e. The van der Waals surface area contributed by atoms with Crippen LogP contribution in [0.5, 0.6) is 0 Å². The van der Waals surface area contributed by atoms with E-state index in [1.807, 2.05) is 51.1 Å². The van der Waals surface area contributed by atoms with E-state index in [-0.39, 0.29) is 29.0 Å². The molecule has 0 heterocycles. The van der Waals surface area contributed by atoms with Crippen LogP contribution in [0.4, 0.5) is 5.69 Å². The van der Waals surface area contributed by atoms with Gasteiger partial charge in [-0.3, -0.25) is 13.9 Å². The van der Waals surface area contributed by atoms with Crippen molar-refractivity contribution in [3.63, 3.8) is 0 Å². The van der Waals surface area contributed by atoms with Gasteiger partial charge in [-0.1, -0.05) is 87.0 Å². The van der Waals surface area contributed by atoms with Crippen molar-refractivity contribution in [3.8, 4) is 0 Å². The van der Waals surface area contributed by atoms with E-state index in [4.69, 9.17) is 11.6 Å². The Morgan fingerprint density at radius 1 is 0.923 bits per heavy atom. The maximum atomic E-state index is 14.0. The number of nitrogens with zero attached hydrogens (tertiary/aromatic N) is 2. The lowest BCUT2D eigenvalue weighted by atomic mass is 10.1. The molecule has 0 aliphatic carbocycles.